The number of nitrogens with zero attached hydrogens (tertiary/aromatic N) is 2. The molecule has 2 aromatic carbocycles. The third kappa shape index (κ3) is 5.52. The molecule has 0 saturated heterocycles. The second kappa shape index (κ2) is 10.5. The zero-order valence-electron chi connectivity index (χ0n) is 14.9. The van der Waals surface area contributed by atoms with Gasteiger partial charge in [0, 0.05) is 0 Å². The van der Waals surface area contributed by atoms with E-state index in [1.54, 1.807) is 0 Å². The first-order valence-electron chi connectivity index (χ1n) is 8.97. The minimum absolute atomic E-state index is 0. The summed E-state index contributed by atoms with van der Waals surface area (Å²) in [6, 6.07) is 19.4. The van der Waals surface area contributed by atoms with E-state index in [1.807, 2.05) is 11.8 Å². The minimum atomic E-state index is 0. The van der Waals surface area contributed by atoms with Gasteiger partial charge in [0.2, 0.25) is 6.33 Å². The summed E-state index contributed by atoms with van der Waals surface area (Å²) in [6.45, 7) is 3.19. The van der Waals surface area contributed by atoms with Gasteiger partial charge in [-0.3, -0.25) is 0 Å². The molecule has 0 N–H and O–H groups in total. The Balaban J connectivity index is 0.00000225. The first-order valence-corrected chi connectivity index (χ1v) is 10.1. The average Bonchev–Trinajstić information content (AvgIpc) is 2.97. The van der Waals surface area contributed by atoms with E-state index >= 15 is 0 Å². The van der Waals surface area contributed by atoms with E-state index in [1.165, 1.54) is 48.0 Å². The van der Waals surface area contributed by atoms with Crippen molar-refractivity contribution < 1.29 is 17.0 Å². The Morgan fingerprint density at radius 3 is 2.48 bits per heavy atom. The molecule has 0 atom stereocenters. The van der Waals surface area contributed by atoms with Crippen molar-refractivity contribution in [3.63, 3.8) is 0 Å². The highest BCUT2D eigenvalue weighted by atomic mass is 35.5. The number of aromatic nitrogens is 2. The Bertz CT molecular complexity index is 755. The molecule has 3 aromatic rings. The van der Waals surface area contributed by atoms with E-state index in [0.29, 0.717) is 0 Å². The molecule has 1 heterocycles. The van der Waals surface area contributed by atoms with Crippen LogP contribution in [0.2, 0.25) is 0 Å². The van der Waals surface area contributed by atoms with Gasteiger partial charge in [0.05, 0.1) is 0 Å². The number of hydrogen-bond donors (Lipinski definition) is 0. The van der Waals surface area contributed by atoms with Crippen molar-refractivity contribution in [1.29, 1.82) is 0 Å². The van der Waals surface area contributed by atoms with Gasteiger partial charge in [0.25, 0.3) is 0 Å². The molecular weight excluding hydrogens is 348 g/mol. The maximum Gasteiger partial charge on any atom is 0.245 e. The molecule has 0 bridgehead atoms. The summed E-state index contributed by atoms with van der Waals surface area (Å²) in [6.07, 6.45) is 7.65. The lowest BCUT2D eigenvalue weighted by molar-refractivity contribution is -0.663. The van der Waals surface area contributed by atoms with Gasteiger partial charge in [-0.2, -0.15) is 0 Å². The average molecular weight is 375 g/mol. The van der Waals surface area contributed by atoms with Gasteiger partial charge in [-0.1, -0.05) is 68.7 Å². The molecular formula is C21H27ClN2S. The predicted molar refractivity (Wildman–Crippen MR) is 104 cm³/mol. The van der Waals surface area contributed by atoms with Crippen LogP contribution in [0.3, 0.4) is 0 Å². The van der Waals surface area contributed by atoms with Gasteiger partial charge < -0.3 is 12.4 Å². The quantitative estimate of drug-likeness (QED) is 0.412. The largest absolute Gasteiger partial charge is 1.00 e. The number of halogens is 1. The molecule has 0 amide bonds. The highest BCUT2D eigenvalue weighted by molar-refractivity contribution is 7.98. The second-order valence-corrected chi connectivity index (χ2v) is 7.36. The fourth-order valence-electron chi connectivity index (χ4n) is 3.05. The minimum Gasteiger partial charge on any atom is -1.00 e. The molecule has 25 heavy (non-hydrogen) atoms. The molecule has 0 spiro atoms. The molecule has 0 aliphatic heterocycles. The normalized spacial score (nSPS) is 10.8. The van der Waals surface area contributed by atoms with Crippen LogP contribution in [0.25, 0.3) is 11.0 Å². The summed E-state index contributed by atoms with van der Waals surface area (Å²) in [4.78, 5) is 0. The van der Waals surface area contributed by atoms with Crippen LogP contribution in [0.4, 0.5) is 0 Å². The van der Waals surface area contributed by atoms with Crippen LogP contribution >= 0.6 is 11.8 Å². The number of benzene rings is 2. The molecule has 0 unspecified atom stereocenters. The lowest BCUT2D eigenvalue weighted by atomic mass is 10.2. The number of imidazole rings is 1. The van der Waals surface area contributed by atoms with E-state index < -0.39 is 0 Å². The molecule has 3 rings (SSSR count). The van der Waals surface area contributed by atoms with Crippen molar-refractivity contribution >= 4 is 22.8 Å². The molecule has 1 aromatic heterocycles. The third-order valence-corrected chi connectivity index (χ3v) is 5.39. The van der Waals surface area contributed by atoms with Crippen LogP contribution in [0.5, 0.6) is 0 Å². The van der Waals surface area contributed by atoms with Gasteiger partial charge in [-0.25, -0.2) is 9.13 Å². The van der Waals surface area contributed by atoms with Crippen LogP contribution in [0.1, 0.15) is 38.2 Å². The monoisotopic (exact) mass is 374 g/mol. The predicted octanol–water partition coefficient (Wildman–Crippen LogP) is 2.25. The number of unbranched alkanes of at least 4 members (excludes halogenated alkanes) is 3. The molecule has 0 aliphatic rings. The maximum absolute atomic E-state index is 2.39. The van der Waals surface area contributed by atoms with Crippen LogP contribution in [-0.2, 0) is 12.4 Å². The zero-order chi connectivity index (χ0) is 16.6. The number of hydrogen-bond acceptors (Lipinski definition) is 1. The first-order chi connectivity index (χ1) is 11.9. The third-order valence-electron chi connectivity index (χ3n) is 4.35. The summed E-state index contributed by atoms with van der Waals surface area (Å²) in [5.74, 6) is 2.29. The molecule has 4 heteroatoms. The topological polar surface area (TPSA) is 8.81 Å². The van der Waals surface area contributed by atoms with Gasteiger partial charge >= 0.3 is 0 Å². The van der Waals surface area contributed by atoms with Crippen molar-refractivity contribution in [3.8, 4) is 0 Å². The fraction of sp³-hybridized carbons (Fsp3) is 0.381. The van der Waals surface area contributed by atoms with Crippen molar-refractivity contribution in [2.45, 2.75) is 45.0 Å². The summed E-state index contributed by atoms with van der Waals surface area (Å²) in [5, 5.41) is 0. The fourth-order valence-corrected chi connectivity index (χ4v) is 3.99. The molecule has 0 aliphatic carbocycles. The summed E-state index contributed by atoms with van der Waals surface area (Å²) < 4.78 is 4.76. The Morgan fingerprint density at radius 2 is 1.68 bits per heavy atom. The van der Waals surface area contributed by atoms with Crippen LogP contribution in [-0.4, -0.2) is 10.3 Å². The molecule has 0 saturated carbocycles. The molecule has 134 valence electrons. The smallest absolute Gasteiger partial charge is 0.245 e. The van der Waals surface area contributed by atoms with Crippen molar-refractivity contribution in [2.75, 3.05) is 5.75 Å². The lowest BCUT2D eigenvalue weighted by Gasteiger charge is -1.99. The van der Waals surface area contributed by atoms with Crippen LogP contribution < -0.4 is 17.0 Å². The van der Waals surface area contributed by atoms with Gasteiger partial charge in [-0.15, -0.1) is 11.8 Å². The zero-order valence-corrected chi connectivity index (χ0v) is 16.5. The van der Waals surface area contributed by atoms with Gasteiger partial charge in [0.15, 0.2) is 11.0 Å². The van der Waals surface area contributed by atoms with Gasteiger partial charge in [-0.05, 0) is 29.9 Å². The Kier molecular flexibility index (Phi) is 8.36. The Morgan fingerprint density at radius 1 is 0.920 bits per heavy atom. The van der Waals surface area contributed by atoms with E-state index in [2.05, 4.69) is 77.0 Å². The summed E-state index contributed by atoms with van der Waals surface area (Å²) in [7, 11) is 0. The SMILES string of the molecule is CCCCCCSCn1c[n+](Cc2ccccc2)c2ccccc21.[Cl-]. The second-order valence-electron chi connectivity index (χ2n) is 6.29. The maximum atomic E-state index is 2.39. The van der Waals surface area contributed by atoms with Gasteiger partial charge in [0.1, 0.15) is 12.4 Å². The summed E-state index contributed by atoms with van der Waals surface area (Å²) >= 11 is 2.04. The Labute approximate surface area is 161 Å². The lowest BCUT2D eigenvalue weighted by Crippen LogP contribution is -3.00. The van der Waals surface area contributed by atoms with E-state index in [9.17, 15) is 0 Å². The van der Waals surface area contributed by atoms with Crippen LogP contribution in [0.15, 0.2) is 60.9 Å². The van der Waals surface area contributed by atoms with E-state index in [-0.39, 0.29) is 12.4 Å². The number of thioether (sulfide) groups is 1. The van der Waals surface area contributed by atoms with E-state index in [4.69, 9.17) is 0 Å². The molecule has 0 radical (unpaired) electrons. The number of para-hydroxylation sites is 2. The van der Waals surface area contributed by atoms with Crippen molar-refractivity contribution in [3.05, 3.63) is 66.5 Å². The highest BCUT2D eigenvalue weighted by Crippen LogP contribution is 2.16. The van der Waals surface area contributed by atoms with Crippen molar-refractivity contribution in [1.82, 2.24) is 4.57 Å². The first kappa shape index (κ1) is 19.9. The van der Waals surface area contributed by atoms with E-state index in [0.717, 1.165) is 12.4 Å². The van der Waals surface area contributed by atoms with Crippen molar-refractivity contribution in [2.24, 2.45) is 0 Å². The number of fused-ring (bicyclic) bond motifs is 1. The summed E-state index contributed by atoms with van der Waals surface area (Å²) in [5.41, 5.74) is 3.99. The molecule has 2 nitrogen and oxygen atoms in total. The standard InChI is InChI=1S/C21H27N2S.ClH/c1-2-3-4-10-15-24-18-23-17-22(16-19-11-6-5-7-12-19)20-13-8-9-14-21(20)23;/h5-9,11-14,17H,2-4,10,15-16,18H2,1H3;1H/q+1;/p-1. The van der Waals surface area contributed by atoms with Crippen LogP contribution in [0, 0.1) is 0 Å². The molecule has 0 fully saturated rings. The Hall–Kier alpha value is -1.45. The highest BCUT2D eigenvalue weighted by Gasteiger charge is 2.15. The number of rotatable bonds is 9.